The number of carbonyl (C=O) groups excluding carboxylic acids is 1. The molecule has 1 fully saturated rings. The molecule has 1 unspecified atom stereocenters. The normalized spacial score (nSPS) is 23.7. The maximum absolute atomic E-state index is 10.8. The van der Waals surface area contributed by atoms with Crippen LogP contribution in [0.1, 0.15) is 6.42 Å². The van der Waals surface area contributed by atoms with Crippen LogP contribution in [0.25, 0.3) is 0 Å². The van der Waals surface area contributed by atoms with E-state index in [1.165, 1.54) is 0 Å². The van der Waals surface area contributed by atoms with Crippen LogP contribution in [0.3, 0.4) is 0 Å². The number of rotatable bonds is 1. The fourth-order valence-corrected chi connectivity index (χ4v) is 0.898. The molecule has 1 N–H and O–H groups in total. The molecule has 0 saturated carbocycles. The molecule has 1 aliphatic rings. The molecule has 1 heterocycles. The number of nitrogens with one attached hydrogen (secondary N) is 1. The Morgan fingerprint density at radius 2 is 2.60 bits per heavy atom. The first-order chi connectivity index (χ1) is 4.84. The summed E-state index contributed by atoms with van der Waals surface area (Å²) >= 11 is 0. The van der Waals surface area contributed by atoms with E-state index in [0.29, 0.717) is 13.2 Å². The molecule has 0 spiro atoms. The van der Waals surface area contributed by atoms with Crippen molar-refractivity contribution in [2.45, 2.75) is 6.42 Å². The zero-order valence-electron chi connectivity index (χ0n) is 5.46. The average Bonchev–Trinajstić information content (AvgIpc) is 2.38. The van der Waals surface area contributed by atoms with Crippen molar-refractivity contribution in [1.29, 1.82) is 5.26 Å². The van der Waals surface area contributed by atoms with Gasteiger partial charge in [-0.05, 0) is 6.42 Å². The van der Waals surface area contributed by atoms with Crippen molar-refractivity contribution in [3.63, 3.8) is 0 Å². The lowest BCUT2D eigenvalue weighted by Crippen LogP contribution is -2.26. The van der Waals surface area contributed by atoms with Crippen LogP contribution in [-0.4, -0.2) is 19.1 Å². The number of nitrogens with zero attached hydrogens (tertiary/aromatic N) is 1. The zero-order chi connectivity index (χ0) is 7.40. The molecular formula is C6H8N2O2. The lowest BCUT2D eigenvalue weighted by molar-refractivity contribution is -0.123. The second-order valence-electron chi connectivity index (χ2n) is 2.16. The molecule has 1 aliphatic heterocycles. The topological polar surface area (TPSA) is 62.1 Å². The van der Waals surface area contributed by atoms with E-state index in [1.54, 1.807) is 6.19 Å². The van der Waals surface area contributed by atoms with E-state index >= 15 is 0 Å². The van der Waals surface area contributed by atoms with Crippen molar-refractivity contribution in [2.75, 3.05) is 13.2 Å². The molecule has 1 rings (SSSR count). The van der Waals surface area contributed by atoms with Gasteiger partial charge in [-0.2, -0.15) is 5.26 Å². The Bertz CT molecular complexity index is 167. The predicted octanol–water partition coefficient (Wildman–Crippen LogP) is -0.380. The van der Waals surface area contributed by atoms with Gasteiger partial charge in [-0.15, -0.1) is 0 Å². The van der Waals surface area contributed by atoms with Crippen molar-refractivity contribution in [3.8, 4) is 6.19 Å². The molecule has 54 valence electrons. The van der Waals surface area contributed by atoms with E-state index in [4.69, 9.17) is 10.00 Å². The fourth-order valence-electron chi connectivity index (χ4n) is 0.898. The van der Waals surface area contributed by atoms with Crippen LogP contribution in [0.2, 0.25) is 0 Å². The lowest BCUT2D eigenvalue weighted by Gasteiger charge is -2.00. The lowest BCUT2D eigenvalue weighted by atomic mass is 10.1. The zero-order valence-corrected chi connectivity index (χ0v) is 5.46. The average molecular weight is 140 g/mol. The number of nitriles is 1. The fraction of sp³-hybridized carbons (Fsp3) is 0.667. The van der Waals surface area contributed by atoms with Gasteiger partial charge in [-0.1, -0.05) is 0 Å². The first-order valence-electron chi connectivity index (χ1n) is 3.11. The van der Waals surface area contributed by atoms with Gasteiger partial charge < -0.3 is 4.74 Å². The summed E-state index contributed by atoms with van der Waals surface area (Å²) in [6.07, 6.45) is 2.32. The van der Waals surface area contributed by atoms with E-state index in [-0.39, 0.29) is 11.8 Å². The predicted molar refractivity (Wildman–Crippen MR) is 32.7 cm³/mol. The van der Waals surface area contributed by atoms with Gasteiger partial charge >= 0.3 is 0 Å². The van der Waals surface area contributed by atoms with Gasteiger partial charge in [0.1, 0.15) is 0 Å². The number of hydrogen-bond acceptors (Lipinski definition) is 3. The number of ether oxygens (including phenoxy) is 1. The summed E-state index contributed by atoms with van der Waals surface area (Å²) < 4.78 is 4.95. The molecule has 0 bridgehead atoms. The number of hydrogen-bond donors (Lipinski definition) is 1. The Kier molecular flexibility index (Phi) is 2.24. The van der Waals surface area contributed by atoms with Crippen molar-refractivity contribution in [2.24, 2.45) is 5.92 Å². The molecule has 4 nitrogen and oxygen atoms in total. The minimum atomic E-state index is -0.222. The van der Waals surface area contributed by atoms with Crippen molar-refractivity contribution < 1.29 is 9.53 Å². The van der Waals surface area contributed by atoms with Gasteiger partial charge in [0, 0.05) is 6.61 Å². The smallest absolute Gasteiger partial charge is 0.238 e. The molecule has 0 aromatic carbocycles. The Labute approximate surface area is 58.8 Å². The van der Waals surface area contributed by atoms with E-state index in [0.717, 1.165) is 6.42 Å². The molecule has 10 heavy (non-hydrogen) atoms. The molecule has 0 aromatic heterocycles. The summed E-state index contributed by atoms with van der Waals surface area (Å²) in [6.45, 7) is 1.08. The van der Waals surface area contributed by atoms with Gasteiger partial charge in [-0.25, -0.2) is 0 Å². The van der Waals surface area contributed by atoms with Crippen LogP contribution in [0.5, 0.6) is 0 Å². The van der Waals surface area contributed by atoms with Gasteiger partial charge in [0.05, 0.1) is 12.5 Å². The Morgan fingerprint density at radius 3 is 3.10 bits per heavy atom. The highest BCUT2D eigenvalue weighted by molar-refractivity contribution is 5.80. The summed E-state index contributed by atoms with van der Waals surface area (Å²) in [5, 5.41) is 10.1. The maximum atomic E-state index is 10.8. The van der Waals surface area contributed by atoms with Crippen molar-refractivity contribution in [1.82, 2.24) is 5.32 Å². The van der Waals surface area contributed by atoms with Gasteiger partial charge in [0.2, 0.25) is 5.91 Å². The Hall–Kier alpha value is -1.08. The molecule has 0 aliphatic carbocycles. The minimum Gasteiger partial charge on any atom is -0.381 e. The minimum absolute atomic E-state index is 0.111. The summed E-state index contributed by atoms with van der Waals surface area (Å²) in [5.74, 6) is -0.334. The van der Waals surface area contributed by atoms with E-state index in [2.05, 4.69) is 5.32 Å². The molecule has 0 aromatic rings. The van der Waals surface area contributed by atoms with Crippen LogP contribution >= 0.6 is 0 Å². The Balaban J connectivity index is 2.34. The second-order valence-corrected chi connectivity index (χ2v) is 2.16. The molecule has 0 radical (unpaired) electrons. The highest BCUT2D eigenvalue weighted by Crippen LogP contribution is 2.11. The molecule has 1 saturated heterocycles. The third-order valence-electron chi connectivity index (χ3n) is 1.48. The highest BCUT2D eigenvalue weighted by Gasteiger charge is 2.22. The maximum Gasteiger partial charge on any atom is 0.238 e. The Morgan fingerprint density at radius 1 is 1.80 bits per heavy atom. The highest BCUT2D eigenvalue weighted by atomic mass is 16.5. The van der Waals surface area contributed by atoms with Crippen molar-refractivity contribution in [3.05, 3.63) is 0 Å². The van der Waals surface area contributed by atoms with Gasteiger partial charge in [-0.3, -0.25) is 10.1 Å². The van der Waals surface area contributed by atoms with Crippen LogP contribution < -0.4 is 5.32 Å². The molecule has 1 amide bonds. The third kappa shape index (κ3) is 1.45. The molecule has 4 heteroatoms. The standard InChI is InChI=1S/C6H8N2O2/c7-4-8-6(9)5-1-2-10-3-5/h5H,1-3H2,(H,8,9). The number of carbonyl (C=O) groups is 1. The van der Waals surface area contributed by atoms with Crippen LogP contribution in [-0.2, 0) is 9.53 Å². The second kappa shape index (κ2) is 3.18. The van der Waals surface area contributed by atoms with E-state index in [9.17, 15) is 4.79 Å². The summed E-state index contributed by atoms with van der Waals surface area (Å²) in [5.41, 5.74) is 0. The molecular weight excluding hydrogens is 132 g/mol. The van der Waals surface area contributed by atoms with E-state index in [1.807, 2.05) is 0 Å². The van der Waals surface area contributed by atoms with Crippen LogP contribution in [0, 0.1) is 17.4 Å². The van der Waals surface area contributed by atoms with Crippen LogP contribution in [0.4, 0.5) is 0 Å². The summed E-state index contributed by atoms with van der Waals surface area (Å²) in [6, 6.07) is 0. The van der Waals surface area contributed by atoms with Gasteiger partial charge in [0.15, 0.2) is 6.19 Å². The first kappa shape index (κ1) is 7.03. The number of amides is 1. The largest absolute Gasteiger partial charge is 0.381 e. The van der Waals surface area contributed by atoms with Crippen molar-refractivity contribution >= 4 is 5.91 Å². The van der Waals surface area contributed by atoms with Gasteiger partial charge in [0.25, 0.3) is 0 Å². The SMILES string of the molecule is N#CNC(=O)C1CCOC1. The quantitative estimate of drug-likeness (QED) is 0.399. The first-order valence-corrected chi connectivity index (χ1v) is 3.11. The summed E-state index contributed by atoms with van der Waals surface area (Å²) in [4.78, 5) is 10.8. The van der Waals surface area contributed by atoms with Crippen LogP contribution in [0.15, 0.2) is 0 Å². The monoisotopic (exact) mass is 140 g/mol. The van der Waals surface area contributed by atoms with E-state index < -0.39 is 0 Å². The molecule has 1 atom stereocenters. The summed E-state index contributed by atoms with van der Waals surface area (Å²) in [7, 11) is 0. The third-order valence-corrected chi connectivity index (χ3v) is 1.48.